The maximum Gasteiger partial charge on any atom is 0.0918 e. The first-order chi connectivity index (χ1) is 5.86. The van der Waals surface area contributed by atoms with Gasteiger partial charge in [0.05, 0.1) is 13.0 Å². The zero-order valence-corrected chi connectivity index (χ0v) is 7.90. The summed E-state index contributed by atoms with van der Waals surface area (Å²) in [6.45, 7) is 8.54. The van der Waals surface area contributed by atoms with Gasteiger partial charge in [0.15, 0.2) is 0 Å². The van der Waals surface area contributed by atoms with Crippen LogP contribution in [-0.4, -0.2) is 42.4 Å². The summed E-state index contributed by atoms with van der Waals surface area (Å²) in [6, 6.07) is 0. The molecule has 0 fully saturated rings. The average Bonchev–Trinajstić information content (AvgIpc) is 2.16. The van der Waals surface area contributed by atoms with Gasteiger partial charge >= 0.3 is 0 Å². The molecule has 0 aromatic rings. The molecule has 0 aromatic heterocycles. The SMILES string of the molecule is CCN(CC)CN1C=NC=CC1. The molecule has 0 N–H and O–H groups in total. The van der Waals surface area contributed by atoms with E-state index in [1.807, 2.05) is 12.5 Å². The maximum absolute atomic E-state index is 4.07. The first kappa shape index (κ1) is 9.26. The van der Waals surface area contributed by atoms with E-state index in [-0.39, 0.29) is 0 Å². The fourth-order valence-electron chi connectivity index (χ4n) is 1.20. The van der Waals surface area contributed by atoms with E-state index >= 15 is 0 Å². The van der Waals surface area contributed by atoms with E-state index in [0.717, 1.165) is 26.3 Å². The van der Waals surface area contributed by atoms with Gasteiger partial charge in [-0.15, -0.1) is 0 Å². The summed E-state index contributed by atoms with van der Waals surface area (Å²) in [7, 11) is 0. The van der Waals surface area contributed by atoms with E-state index in [9.17, 15) is 0 Å². The van der Waals surface area contributed by atoms with E-state index in [1.54, 1.807) is 0 Å². The van der Waals surface area contributed by atoms with Crippen molar-refractivity contribution in [2.45, 2.75) is 13.8 Å². The van der Waals surface area contributed by atoms with E-state index < -0.39 is 0 Å². The van der Waals surface area contributed by atoms with Crippen LogP contribution in [0.4, 0.5) is 0 Å². The smallest absolute Gasteiger partial charge is 0.0918 e. The van der Waals surface area contributed by atoms with E-state index in [2.05, 4.69) is 34.7 Å². The van der Waals surface area contributed by atoms with Crippen molar-refractivity contribution in [2.24, 2.45) is 4.99 Å². The lowest BCUT2D eigenvalue weighted by Gasteiger charge is -2.27. The fourth-order valence-corrected chi connectivity index (χ4v) is 1.20. The van der Waals surface area contributed by atoms with Crippen molar-refractivity contribution >= 4 is 6.34 Å². The van der Waals surface area contributed by atoms with Gasteiger partial charge < -0.3 is 4.90 Å². The van der Waals surface area contributed by atoms with Gasteiger partial charge in [-0.1, -0.05) is 13.8 Å². The number of rotatable bonds is 4. The van der Waals surface area contributed by atoms with E-state index in [1.165, 1.54) is 0 Å². The standard InChI is InChI=1S/C9H17N3/c1-3-11(4-2)9-12-7-5-6-10-8-12/h5-6,8H,3-4,7,9H2,1-2H3. The van der Waals surface area contributed by atoms with Crippen LogP contribution in [0.5, 0.6) is 0 Å². The largest absolute Gasteiger partial charge is 0.346 e. The van der Waals surface area contributed by atoms with Crippen molar-refractivity contribution in [1.82, 2.24) is 9.80 Å². The van der Waals surface area contributed by atoms with Crippen LogP contribution in [0.25, 0.3) is 0 Å². The summed E-state index contributed by atoms with van der Waals surface area (Å²) in [6.07, 6.45) is 5.82. The third-order valence-electron chi connectivity index (χ3n) is 2.04. The Morgan fingerprint density at radius 3 is 2.67 bits per heavy atom. The molecule has 0 amide bonds. The van der Waals surface area contributed by atoms with Crippen LogP contribution in [0, 0.1) is 0 Å². The first-order valence-electron chi connectivity index (χ1n) is 4.51. The van der Waals surface area contributed by atoms with Gasteiger partial charge in [0.1, 0.15) is 0 Å². The topological polar surface area (TPSA) is 18.8 Å². The van der Waals surface area contributed by atoms with Gasteiger partial charge in [-0.25, -0.2) is 4.99 Å². The quantitative estimate of drug-likeness (QED) is 0.625. The molecule has 0 unspecified atom stereocenters. The summed E-state index contributed by atoms with van der Waals surface area (Å²) >= 11 is 0. The third-order valence-corrected chi connectivity index (χ3v) is 2.04. The number of nitrogens with zero attached hydrogens (tertiary/aromatic N) is 3. The van der Waals surface area contributed by atoms with Crippen molar-refractivity contribution in [3.05, 3.63) is 12.3 Å². The minimum atomic E-state index is 0.986. The molecule has 0 saturated heterocycles. The molecule has 0 radical (unpaired) electrons. The third kappa shape index (κ3) is 2.66. The minimum absolute atomic E-state index is 0.986. The lowest BCUT2D eigenvalue weighted by atomic mass is 10.5. The van der Waals surface area contributed by atoms with Crippen molar-refractivity contribution in [2.75, 3.05) is 26.3 Å². The van der Waals surface area contributed by atoms with Gasteiger partial charge in [-0.05, 0) is 19.2 Å². The maximum atomic E-state index is 4.07. The average molecular weight is 167 g/mol. The summed E-state index contributed by atoms with van der Waals surface area (Å²) < 4.78 is 0. The highest BCUT2D eigenvalue weighted by atomic mass is 15.3. The van der Waals surface area contributed by atoms with Gasteiger partial charge in [0.25, 0.3) is 0 Å². The van der Waals surface area contributed by atoms with Crippen LogP contribution in [0.1, 0.15) is 13.8 Å². The molecule has 0 aliphatic carbocycles. The molecule has 68 valence electrons. The Labute approximate surface area is 74.4 Å². The Kier molecular flexibility index (Phi) is 3.80. The van der Waals surface area contributed by atoms with Gasteiger partial charge in [-0.2, -0.15) is 0 Å². The molecule has 0 saturated carbocycles. The molecule has 1 heterocycles. The molecule has 12 heavy (non-hydrogen) atoms. The molecule has 1 aliphatic rings. The fraction of sp³-hybridized carbons (Fsp3) is 0.667. The number of hydrogen-bond donors (Lipinski definition) is 0. The van der Waals surface area contributed by atoms with E-state index in [4.69, 9.17) is 0 Å². The second-order valence-electron chi connectivity index (χ2n) is 2.87. The molecule has 0 spiro atoms. The summed E-state index contributed by atoms with van der Waals surface area (Å²) in [4.78, 5) is 8.64. The van der Waals surface area contributed by atoms with E-state index in [0.29, 0.717) is 0 Å². The molecule has 1 rings (SSSR count). The second kappa shape index (κ2) is 4.93. The van der Waals surface area contributed by atoms with Crippen LogP contribution in [-0.2, 0) is 0 Å². The molecule has 1 aliphatic heterocycles. The molecule has 3 heteroatoms. The number of aliphatic imine (C=N–C) groups is 1. The summed E-state index contributed by atoms with van der Waals surface area (Å²) in [5.74, 6) is 0. The predicted molar refractivity (Wildman–Crippen MR) is 52.1 cm³/mol. The predicted octanol–water partition coefficient (Wildman–Crippen LogP) is 1.14. The van der Waals surface area contributed by atoms with Crippen molar-refractivity contribution in [3.8, 4) is 0 Å². The van der Waals surface area contributed by atoms with Gasteiger partial charge in [-0.3, -0.25) is 4.90 Å². The molecule has 3 nitrogen and oxygen atoms in total. The Hall–Kier alpha value is -0.830. The molecule has 0 atom stereocenters. The second-order valence-corrected chi connectivity index (χ2v) is 2.87. The Morgan fingerprint density at radius 1 is 1.42 bits per heavy atom. The monoisotopic (exact) mass is 167 g/mol. The van der Waals surface area contributed by atoms with Crippen LogP contribution in [0.15, 0.2) is 17.3 Å². The molecule has 0 bridgehead atoms. The first-order valence-corrected chi connectivity index (χ1v) is 4.51. The van der Waals surface area contributed by atoms with Crippen molar-refractivity contribution < 1.29 is 0 Å². The van der Waals surface area contributed by atoms with Gasteiger partial charge in [0.2, 0.25) is 0 Å². The van der Waals surface area contributed by atoms with Crippen LogP contribution in [0.3, 0.4) is 0 Å². The zero-order chi connectivity index (χ0) is 8.81. The van der Waals surface area contributed by atoms with Gasteiger partial charge in [0, 0.05) is 12.7 Å². The molecular formula is C9H17N3. The minimum Gasteiger partial charge on any atom is -0.346 e. The Morgan fingerprint density at radius 2 is 2.17 bits per heavy atom. The zero-order valence-electron chi connectivity index (χ0n) is 7.90. The lowest BCUT2D eigenvalue weighted by Crippen LogP contribution is -2.37. The summed E-state index contributed by atoms with van der Waals surface area (Å²) in [5.41, 5.74) is 0. The lowest BCUT2D eigenvalue weighted by molar-refractivity contribution is 0.215. The van der Waals surface area contributed by atoms with Crippen LogP contribution in [0.2, 0.25) is 0 Å². The molecular weight excluding hydrogens is 150 g/mol. The highest BCUT2D eigenvalue weighted by molar-refractivity contribution is 5.57. The van der Waals surface area contributed by atoms with Crippen molar-refractivity contribution in [1.29, 1.82) is 0 Å². The van der Waals surface area contributed by atoms with Crippen molar-refractivity contribution in [3.63, 3.8) is 0 Å². The Balaban J connectivity index is 2.30. The number of hydrogen-bond acceptors (Lipinski definition) is 3. The molecule has 0 aromatic carbocycles. The Bertz CT molecular complexity index is 171. The highest BCUT2D eigenvalue weighted by Gasteiger charge is 2.04. The van der Waals surface area contributed by atoms with Crippen LogP contribution >= 0.6 is 0 Å². The van der Waals surface area contributed by atoms with Crippen LogP contribution < -0.4 is 0 Å². The summed E-state index contributed by atoms with van der Waals surface area (Å²) in [5, 5.41) is 0. The normalized spacial score (nSPS) is 16.1. The highest BCUT2D eigenvalue weighted by Crippen LogP contribution is 1.96.